The second kappa shape index (κ2) is 9.48. The Labute approximate surface area is 189 Å². The predicted molar refractivity (Wildman–Crippen MR) is 118 cm³/mol. The summed E-state index contributed by atoms with van der Waals surface area (Å²) in [7, 11) is 0. The molecule has 6 nitrogen and oxygen atoms in total. The van der Waals surface area contributed by atoms with Crippen molar-refractivity contribution in [2.24, 2.45) is 0 Å². The lowest BCUT2D eigenvalue weighted by Gasteiger charge is -2.35. The predicted octanol–water partition coefficient (Wildman–Crippen LogP) is 4.52. The summed E-state index contributed by atoms with van der Waals surface area (Å²) in [6, 6.07) is 14.4. The first kappa shape index (κ1) is 22.6. The molecule has 9 heteroatoms. The monoisotopic (exact) mass is 456 g/mol. The molecule has 2 aromatic carbocycles. The van der Waals surface area contributed by atoms with Gasteiger partial charge in [-0.15, -0.1) is 0 Å². The Morgan fingerprint density at radius 1 is 1.00 bits per heavy atom. The number of alkyl halides is 3. The van der Waals surface area contributed by atoms with Crippen LogP contribution in [0.4, 0.5) is 19.0 Å². The minimum Gasteiger partial charge on any atom is -0.494 e. The van der Waals surface area contributed by atoms with Gasteiger partial charge in [-0.1, -0.05) is 12.1 Å². The largest absolute Gasteiger partial charge is 0.494 e. The summed E-state index contributed by atoms with van der Waals surface area (Å²) < 4.78 is 45.4. The van der Waals surface area contributed by atoms with E-state index >= 15 is 0 Å². The van der Waals surface area contributed by atoms with Crippen LogP contribution in [0.1, 0.15) is 22.8 Å². The van der Waals surface area contributed by atoms with E-state index in [4.69, 9.17) is 4.74 Å². The first-order chi connectivity index (χ1) is 15.9. The zero-order chi connectivity index (χ0) is 23.4. The average molecular weight is 456 g/mol. The van der Waals surface area contributed by atoms with Crippen LogP contribution in [0.5, 0.6) is 5.75 Å². The standard InChI is InChI=1S/C24H23F3N4O2/c1-2-33-18-9-7-17(8-10-18)21-15-22(29-16-28-21)30-11-13-31(14-12-30)23(32)19-5-3-4-6-20(19)24(25,26)27/h3-10,15-16H,2,11-14H2,1H3. The fourth-order valence-electron chi connectivity index (χ4n) is 3.79. The molecular formula is C24H23F3N4O2. The Balaban J connectivity index is 1.45. The third-order valence-electron chi connectivity index (χ3n) is 5.47. The molecule has 0 radical (unpaired) electrons. The summed E-state index contributed by atoms with van der Waals surface area (Å²) in [5, 5.41) is 0. The summed E-state index contributed by atoms with van der Waals surface area (Å²) in [4.78, 5) is 24.9. The molecular weight excluding hydrogens is 433 g/mol. The zero-order valence-corrected chi connectivity index (χ0v) is 18.0. The van der Waals surface area contributed by atoms with Crippen molar-refractivity contribution in [1.82, 2.24) is 14.9 Å². The molecule has 1 saturated heterocycles. The second-order valence-corrected chi connectivity index (χ2v) is 7.54. The Bertz CT molecular complexity index is 1110. The summed E-state index contributed by atoms with van der Waals surface area (Å²) in [6.07, 6.45) is -3.09. The van der Waals surface area contributed by atoms with Gasteiger partial charge in [-0.3, -0.25) is 4.79 Å². The molecule has 0 spiro atoms. The first-order valence-corrected chi connectivity index (χ1v) is 10.6. The van der Waals surface area contributed by atoms with E-state index in [1.165, 1.54) is 29.4 Å². The molecule has 172 valence electrons. The maximum Gasteiger partial charge on any atom is 0.417 e. The second-order valence-electron chi connectivity index (χ2n) is 7.54. The lowest BCUT2D eigenvalue weighted by atomic mass is 10.1. The fourth-order valence-corrected chi connectivity index (χ4v) is 3.79. The summed E-state index contributed by atoms with van der Waals surface area (Å²) in [5.41, 5.74) is 0.437. The molecule has 3 aromatic rings. The minimum absolute atomic E-state index is 0.299. The van der Waals surface area contributed by atoms with Crippen molar-refractivity contribution in [3.8, 4) is 17.0 Å². The number of piperazine rings is 1. The summed E-state index contributed by atoms with van der Waals surface area (Å²) >= 11 is 0. The van der Waals surface area contributed by atoms with E-state index in [1.807, 2.05) is 42.2 Å². The van der Waals surface area contributed by atoms with E-state index in [2.05, 4.69) is 9.97 Å². The number of aromatic nitrogens is 2. The van der Waals surface area contributed by atoms with Crippen LogP contribution in [0, 0.1) is 0 Å². The van der Waals surface area contributed by atoms with E-state index in [1.54, 1.807) is 0 Å². The molecule has 0 atom stereocenters. The van der Waals surface area contributed by atoms with Gasteiger partial charge < -0.3 is 14.5 Å². The number of halogens is 3. The zero-order valence-electron chi connectivity index (χ0n) is 18.0. The van der Waals surface area contributed by atoms with Crippen LogP contribution >= 0.6 is 0 Å². The topological polar surface area (TPSA) is 58.6 Å². The highest BCUT2D eigenvalue weighted by Gasteiger charge is 2.36. The molecule has 1 aromatic heterocycles. The van der Waals surface area contributed by atoms with Crippen molar-refractivity contribution in [2.45, 2.75) is 13.1 Å². The maximum atomic E-state index is 13.3. The molecule has 4 rings (SSSR count). The van der Waals surface area contributed by atoms with E-state index < -0.39 is 17.6 Å². The number of benzene rings is 2. The SMILES string of the molecule is CCOc1ccc(-c2cc(N3CCN(C(=O)c4ccccc4C(F)(F)F)CC3)ncn2)cc1. The van der Waals surface area contributed by atoms with Crippen LogP contribution in [0.3, 0.4) is 0 Å². The molecule has 0 aliphatic carbocycles. The number of carbonyl (C=O) groups is 1. The van der Waals surface area contributed by atoms with Gasteiger partial charge in [-0.25, -0.2) is 9.97 Å². The van der Waals surface area contributed by atoms with Crippen molar-refractivity contribution in [3.05, 3.63) is 72.1 Å². The van der Waals surface area contributed by atoms with Crippen LogP contribution in [-0.4, -0.2) is 53.6 Å². The van der Waals surface area contributed by atoms with Crippen LogP contribution in [-0.2, 0) is 6.18 Å². The van der Waals surface area contributed by atoms with E-state index in [0.29, 0.717) is 38.6 Å². The molecule has 1 aliphatic rings. The molecule has 2 heterocycles. The highest BCUT2D eigenvalue weighted by molar-refractivity contribution is 5.96. The molecule has 1 amide bonds. The normalized spacial score (nSPS) is 14.3. The molecule has 0 saturated carbocycles. The van der Waals surface area contributed by atoms with Crippen LogP contribution < -0.4 is 9.64 Å². The lowest BCUT2D eigenvalue weighted by Crippen LogP contribution is -2.49. The molecule has 1 fully saturated rings. The smallest absolute Gasteiger partial charge is 0.417 e. The van der Waals surface area contributed by atoms with Gasteiger partial charge in [0.2, 0.25) is 0 Å². The number of ether oxygens (including phenoxy) is 1. The van der Waals surface area contributed by atoms with Crippen LogP contribution in [0.15, 0.2) is 60.9 Å². The van der Waals surface area contributed by atoms with Gasteiger partial charge >= 0.3 is 6.18 Å². The van der Waals surface area contributed by atoms with Gasteiger partial charge in [0.1, 0.15) is 17.9 Å². The maximum absolute atomic E-state index is 13.3. The third-order valence-corrected chi connectivity index (χ3v) is 5.47. The van der Waals surface area contributed by atoms with Crippen molar-refractivity contribution in [1.29, 1.82) is 0 Å². The molecule has 0 bridgehead atoms. The lowest BCUT2D eigenvalue weighted by molar-refractivity contribution is -0.138. The Morgan fingerprint density at radius 3 is 2.36 bits per heavy atom. The number of anilines is 1. The molecule has 0 N–H and O–H groups in total. The fraction of sp³-hybridized carbons (Fsp3) is 0.292. The first-order valence-electron chi connectivity index (χ1n) is 10.6. The number of hydrogen-bond acceptors (Lipinski definition) is 5. The van der Waals surface area contributed by atoms with Crippen molar-refractivity contribution in [2.75, 3.05) is 37.7 Å². The average Bonchev–Trinajstić information content (AvgIpc) is 2.84. The summed E-state index contributed by atoms with van der Waals surface area (Å²) in [5.74, 6) is 0.875. The van der Waals surface area contributed by atoms with Crippen molar-refractivity contribution >= 4 is 11.7 Å². The van der Waals surface area contributed by atoms with E-state index in [-0.39, 0.29) is 5.56 Å². The van der Waals surface area contributed by atoms with Gasteiger partial charge in [0.05, 0.1) is 23.4 Å². The number of nitrogens with zero attached hydrogens (tertiary/aromatic N) is 4. The van der Waals surface area contributed by atoms with Gasteiger partial charge in [0.15, 0.2) is 0 Å². The van der Waals surface area contributed by atoms with E-state index in [0.717, 1.165) is 23.1 Å². The quantitative estimate of drug-likeness (QED) is 0.565. The Kier molecular flexibility index (Phi) is 6.48. The van der Waals surface area contributed by atoms with Gasteiger partial charge in [0, 0.05) is 37.8 Å². The third kappa shape index (κ3) is 5.08. The highest BCUT2D eigenvalue weighted by atomic mass is 19.4. The number of carbonyl (C=O) groups excluding carboxylic acids is 1. The minimum atomic E-state index is -4.58. The van der Waals surface area contributed by atoms with E-state index in [9.17, 15) is 18.0 Å². The van der Waals surface area contributed by atoms with Gasteiger partial charge in [-0.2, -0.15) is 13.2 Å². The highest BCUT2D eigenvalue weighted by Crippen LogP contribution is 2.32. The van der Waals surface area contributed by atoms with Crippen molar-refractivity contribution in [3.63, 3.8) is 0 Å². The van der Waals surface area contributed by atoms with Crippen molar-refractivity contribution < 1.29 is 22.7 Å². The van der Waals surface area contributed by atoms with Crippen LogP contribution in [0.2, 0.25) is 0 Å². The van der Waals surface area contributed by atoms with Gasteiger partial charge in [0.25, 0.3) is 5.91 Å². The van der Waals surface area contributed by atoms with Gasteiger partial charge in [-0.05, 0) is 43.3 Å². The Hall–Kier alpha value is -3.62. The molecule has 1 aliphatic heterocycles. The Morgan fingerprint density at radius 2 is 1.70 bits per heavy atom. The molecule has 0 unspecified atom stereocenters. The number of rotatable bonds is 5. The number of amides is 1. The van der Waals surface area contributed by atoms with Crippen LogP contribution in [0.25, 0.3) is 11.3 Å². The summed E-state index contributed by atoms with van der Waals surface area (Å²) in [6.45, 7) is 4.03. The molecule has 33 heavy (non-hydrogen) atoms. The number of hydrogen-bond donors (Lipinski definition) is 0.